The molecular formula is C19H20ClNO2. The van der Waals surface area contributed by atoms with Crippen LogP contribution in [0.4, 0.5) is 0 Å². The summed E-state index contributed by atoms with van der Waals surface area (Å²) < 4.78 is 5.35. The Bertz CT molecular complexity index is 725. The molecule has 0 N–H and O–H groups in total. The van der Waals surface area contributed by atoms with Crippen LogP contribution in [0.15, 0.2) is 48.5 Å². The normalized spacial score (nSPS) is 10.8. The molecule has 120 valence electrons. The van der Waals surface area contributed by atoms with Gasteiger partial charge in [-0.3, -0.25) is 4.79 Å². The highest BCUT2D eigenvalue weighted by atomic mass is 35.5. The molecule has 0 aromatic heterocycles. The molecule has 0 spiro atoms. The van der Waals surface area contributed by atoms with E-state index in [9.17, 15) is 4.79 Å². The van der Waals surface area contributed by atoms with Crippen molar-refractivity contribution in [2.24, 2.45) is 0 Å². The summed E-state index contributed by atoms with van der Waals surface area (Å²) in [6, 6.07) is 13.3. The maximum Gasteiger partial charge on any atom is 0.246 e. The molecule has 0 aliphatic heterocycles. The van der Waals surface area contributed by atoms with Gasteiger partial charge in [0.1, 0.15) is 5.75 Å². The molecule has 0 aliphatic carbocycles. The number of likely N-dealkylation sites (N-methyl/N-ethyl adjacent to an activating group) is 1. The van der Waals surface area contributed by atoms with Crippen molar-refractivity contribution in [2.75, 3.05) is 14.2 Å². The molecular weight excluding hydrogens is 310 g/mol. The summed E-state index contributed by atoms with van der Waals surface area (Å²) in [5.74, 6) is 0.693. The van der Waals surface area contributed by atoms with Crippen LogP contribution in [-0.2, 0) is 11.3 Å². The number of carbonyl (C=O) groups excluding carboxylic acids is 1. The lowest BCUT2D eigenvalue weighted by Gasteiger charge is -2.17. The average Bonchev–Trinajstić information content (AvgIpc) is 2.54. The van der Waals surface area contributed by atoms with Crippen LogP contribution in [-0.4, -0.2) is 25.0 Å². The summed E-state index contributed by atoms with van der Waals surface area (Å²) in [4.78, 5) is 13.9. The number of hydrogen-bond acceptors (Lipinski definition) is 2. The first kappa shape index (κ1) is 17.1. The number of hydrogen-bond donors (Lipinski definition) is 0. The van der Waals surface area contributed by atoms with E-state index in [-0.39, 0.29) is 5.91 Å². The Morgan fingerprint density at radius 1 is 1.26 bits per heavy atom. The largest absolute Gasteiger partial charge is 0.496 e. The first-order chi connectivity index (χ1) is 11.0. The minimum absolute atomic E-state index is 0.0894. The minimum Gasteiger partial charge on any atom is -0.496 e. The Hall–Kier alpha value is -2.26. The number of rotatable bonds is 5. The number of amides is 1. The summed E-state index contributed by atoms with van der Waals surface area (Å²) in [6.45, 7) is 2.50. The number of halogens is 1. The van der Waals surface area contributed by atoms with Crippen molar-refractivity contribution in [2.45, 2.75) is 13.5 Å². The Kier molecular flexibility index (Phi) is 5.83. The maximum atomic E-state index is 12.3. The van der Waals surface area contributed by atoms with Gasteiger partial charge in [0.2, 0.25) is 5.91 Å². The first-order valence-electron chi connectivity index (χ1n) is 7.32. The van der Waals surface area contributed by atoms with E-state index >= 15 is 0 Å². The lowest BCUT2D eigenvalue weighted by Crippen LogP contribution is -2.24. The monoisotopic (exact) mass is 329 g/mol. The van der Waals surface area contributed by atoms with E-state index < -0.39 is 0 Å². The number of benzene rings is 2. The van der Waals surface area contributed by atoms with E-state index in [1.54, 1.807) is 31.2 Å². The van der Waals surface area contributed by atoms with E-state index in [1.165, 1.54) is 6.08 Å². The van der Waals surface area contributed by atoms with Gasteiger partial charge in [0.05, 0.1) is 7.11 Å². The van der Waals surface area contributed by atoms with Gasteiger partial charge in [-0.1, -0.05) is 47.5 Å². The highest BCUT2D eigenvalue weighted by Gasteiger charge is 2.10. The predicted molar refractivity (Wildman–Crippen MR) is 94.7 cm³/mol. The third-order valence-corrected chi connectivity index (χ3v) is 3.87. The van der Waals surface area contributed by atoms with E-state index in [2.05, 4.69) is 0 Å². The lowest BCUT2D eigenvalue weighted by atomic mass is 10.1. The van der Waals surface area contributed by atoms with Crippen molar-refractivity contribution in [1.29, 1.82) is 0 Å². The van der Waals surface area contributed by atoms with Gasteiger partial charge in [0.25, 0.3) is 0 Å². The topological polar surface area (TPSA) is 29.5 Å². The summed E-state index contributed by atoms with van der Waals surface area (Å²) in [6.07, 6.45) is 3.26. The van der Waals surface area contributed by atoms with Crippen molar-refractivity contribution < 1.29 is 9.53 Å². The number of methoxy groups -OCH3 is 1. The van der Waals surface area contributed by atoms with Gasteiger partial charge in [-0.25, -0.2) is 0 Å². The second-order valence-electron chi connectivity index (χ2n) is 5.36. The van der Waals surface area contributed by atoms with Crippen LogP contribution in [0.5, 0.6) is 5.75 Å². The van der Waals surface area contributed by atoms with Gasteiger partial charge in [0.15, 0.2) is 0 Å². The van der Waals surface area contributed by atoms with Crippen LogP contribution >= 0.6 is 11.6 Å². The molecule has 1 amide bonds. The van der Waals surface area contributed by atoms with Crippen LogP contribution in [0.25, 0.3) is 6.08 Å². The molecule has 0 radical (unpaired) electrons. The number of nitrogens with zero attached hydrogens (tertiary/aromatic N) is 1. The van der Waals surface area contributed by atoms with E-state index in [1.807, 2.05) is 43.3 Å². The fourth-order valence-electron chi connectivity index (χ4n) is 2.26. The van der Waals surface area contributed by atoms with Crippen molar-refractivity contribution in [1.82, 2.24) is 4.90 Å². The zero-order valence-electron chi connectivity index (χ0n) is 13.5. The third kappa shape index (κ3) is 4.60. The highest BCUT2D eigenvalue weighted by molar-refractivity contribution is 6.32. The molecule has 0 unspecified atom stereocenters. The van der Waals surface area contributed by atoms with E-state index in [4.69, 9.17) is 16.3 Å². The fourth-order valence-corrected chi connectivity index (χ4v) is 2.46. The Balaban J connectivity index is 2.09. The Morgan fingerprint density at radius 2 is 2.00 bits per heavy atom. The van der Waals surface area contributed by atoms with Gasteiger partial charge < -0.3 is 9.64 Å². The Morgan fingerprint density at radius 3 is 2.70 bits per heavy atom. The molecule has 23 heavy (non-hydrogen) atoms. The van der Waals surface area contributed by atoms with Gasteiger partial charge in [-0.05, 0) is 30.7 Å². The molecule has 0 aliphatic rings. The number of aryl methyl sites for hydroxylation is 1. The summed E-state index contributed by atoms with van der Waals surface area (Å²) in [5.41, 5.74) is 2.94. The zero-order chi connectivity index (χ0) is 16.8. The average molecular weight is 330 g/mol. The molecule has 2 aromatic carbocycles. The van der Waals surface area contributed by atoms with Crippen molar-refractivity contribution in [3.8, 4) is 5.75 Å². The molecule has 3 nitrogen and oxygen atoms in total. The molecule has 2 aromatic rings. The van der Waals surface area contributed by atoms with Crippen LogP contribution in [0.3, 0.4) is 0 Å². The van der Waals surface area contributed by atoms with Crippen LogP contribution in [0, 0.1) is 6.92 Å². The van der Waals surface area contributed by atoms with Crippen LogP contribution in [0.1, 0.15) is 16.7 Å². The summed E-state index contributed by atoms with van der Waals surface area (Å²) in [5, 5.41) is 0.625. The molecule has 2 rings (SSSR count). The lowest BCUT2D eigenvalue weighted by molar-refractivity contribution is -0.125. The van der Waals surface area contributed by atoms with Gasteiger partial charge >= 0.3 is 0 Å². The van der Waals surface area contributed by atoms with Gasteiger partial charge in [0, 0.05) is 30.3 Å². The number of ether oxygens (including phenoxy) is 1. The third-order valence-electron chi connectivity index (χ3n) is 3.53. The quantitative estimate of drug-likeness (QED) is 0.764. The van der Waals surface area contributed by atoms with Crippen molar-refractivity contribution in [3.05, 3.63) is 70.3 Å². The van der Waals surface area contributed by atoms with Gasteiger partial charge in [-0.2, -0.15) is 0 Å². The van der Waals surface area contributed by atoms with Crippen LogP contribution < -0.4 is 4.74 Å². The maximum absolute atomic E-state index is 12.3. The van der Waals surface area contributed by atoms with Crippen molar-refractivity contribution in [3.63, 3.8) is 0 Å². The second-order valence-corrected chi connectivity index (χ2v) is 5.77. The number of carbonyl (C=O) groups is 1. The SMILES string of the molecule is COc1ccc(C)cc1CN(C)C(=O)/C=C/c1ccccc1Cl. The predicted octanol–water partition coefficient (Wildman–Crippen LogP) is 4.33. The molecule has 0 heterocycles. The summed E-state index contributed by atoms with van der Waals surface area (Å²) >= 11 is 6.08. The molecule has 4 heteroatoms. The first-order valence-corrected chi connectivity index (χ1v) is 7.70. The molecule has 0 atom stereocenters. The molecule has 0 fully saturated rings. The molecule has 0 saturated carbocycles. The van der Waals surface area contributed by atoms with E-state index in [0.29, 0.717) is 11.6 Å². The second kappa shape index (κ2) is 7.84. The zero-order valence-corrected chi connectivity index (χ0v) is 14.3. The van der Waals surface area contributed by atoms with E-state index in [0.717, 1.165) is 22.4 Å². The smallest absolute Gasteiger partial charge is 0.246 e. The van der Waals surface area contributed by atoms with Crippen molar-refractivity contribution >= 4 is 23.6 Å². The standard InChI is InChI=1S/C19H20ClNO2/c1-14-8-10-18(23-3)16(12-14)13-21(2)19(22)11-9-15-6-4-5-7-17(15)20/h4-12H,13H2,1-3H3/b11-9+. The summed E-state index contributed by atoms with van der Waals surface area (Å²) in [7, 11) is 3.40. The highest BCUT2D eigenvalue weighted by Crippen LogP contribution is 2.21. The molecule has 0 saturated heterocycles. The Labute approximate surface area is 142 Å². The molecule has 0 bridgehead atoms. The fraction of sp³-hybridized carbons (Fsp3) is 0.211. The van der Waals surface area contributed by atoms with Gasteiger partial charge in [-0.15, -0.1) is 0 Å². The minimum atomic E-state index is -0.0894. The van der Waals surface area contributed by atoms with Crippen LogP contribution in [0.2, 0.25) is 5.02 Å².